The zero-order valence-electron chi connectivity index (χ0n) is 13.2. The molecule has 26 heavy (non-hydrogen) atoms. The molecule has 0 aliphatic rings. The molecule has 1 aromatic carbocycles. The fraction of sp³-hybridized carbons (Fsp3) is 0.0588. The van der Waals surface area contributed by atoms with Gasteiger partial charge in [0.2, 0.25) is 5.91 Å². The van der Waals surface area contributed by atoms with Crippen molar-refractivity contribution in [1.82, 2.24) is 20.0 Å². The summed E-state index contributed by atoms with van der Waals surface area (Å²) in [7, 11) is 0. The number of aromatic nitrogens is 4. The van der Waals surface area contributed by atoms with Crippen molar-refractivity contribution in [2.75, 3.05) is 5.32 Å². The number of nitrogens with zero attached hydrogens (tertiary/aromatic N) is 4. The Labute approximate surface area is 159 Å². The third-order valence-electron chi connectivity index (χ3n) is 3.75. The fourth-order valence-electron chi connectivity index (χ4n) is 2.57. The van der Waals surface area contributed by atoms with Crippen LogP contribution in [0.15, 0.2) is 52.8 Å². The van der Waals surface area contributed by atoms with Crippen LogP contribution >= 0.6 is 27.3 Å². The molecule has 130 valence electrons. The first-order valence-corrected chi connectivity index (χ1v) is 9.25. The Morgan fingerprint density at radius 1 is 1.23 bits per heavy atom. The molecule has 3 aromatic heterocycles. The quantitative estimate of drug-likeness (QED) is 0.530. The Hall–Kier alpha value is -2.65. The number of pyridine rings is 1. The highest BCUT2D eigenvalue weighted by molar-refractivity contribution is 9.10. The summed E-state index contributed by atoms with van der Waals surface area (Å²) in [6.45, 7) is 0. The second kappa shape index (κ2) is 6.93. The summed E-state index contributed by atoms with van der Waals surface area (Å²) in [6.07, 6.45) is 6.27. The third-order valence-corrected chi connectivity index (χ3v) is 5.54. The average molecular weight is 432 g/mol. The van der Waals surface area contributed by atoms with E-state index in [1.807, 2.05) is 5.38 Å². The summed E-state index contributed by atoms with van der Waals surface area (Å²) in [4.78, 5) is 17.9. The molecular formula is C17H11BrFN5OS. The van der Waals surface area contributed by atoms with Crippen LogP contribution in [0, 0.1) is 5.82 Å². The number of rotatable bonds is 4. The smallest absolute Gasteiger partial charge is 0.229 e. The molecular weight excluding hydrogens is 421 g/mol. The standard InChI is InChI=1S/C17H11BrFN5OS/c18-13-9-26-17(16(13)24-21-3-4-22-24)23-15(25)7-11-5-12-8-20-2-1-10(12)6-14(11)19/h1-6,8-9H,7H2,(H,23,25). The van der Waals surface area contributed by atoms with Crippen molar-refractivity contribution >= 4 is 48.9 Å². The zero-order valence-corrected chi connectivity index (χ0v) is 15.6. The predicted octanol–water partition coefficient (Wildman–Crippen LogP) is 3.96. The number of benzene rings is 1. The number of fused-ring (bicyclic) bond motifs is 1. The van der Waals surface area contributed by atoms with Crippen molar-refractivity contribution in [3.63, 3.8) is 0 Å². The van der Waals surface area contributed by atoms with E-state index in [4.69, 9.17) is 0 Å². The van der Waals surface area contributed by atoms with Gasteiger partial charge in [-0.25, -0.2) is 4.39 Å². The van der Waals surface area contributed by atoms with Gasteiger partial charge in [0.25, 0.3) is 0 Å². The summed E-state index contributed by atoms with van der Waals surface area (Å²) in [6, 6.07) is 4.80. The van der Waals surface area contributed by atoms with Gasteiger partial charge in [-0.05, 0) is 45.1 Å². The first-order valence-electron chi connectivity index (χ1n) is 7.57. The third kappa shape index (κ3) is 3.23. The number of hydrogen-bond acceptors (Lipinski definition) is 5. The van der Waals surface area contributed by atoms with Gasteiger partial charge in [-0.15, -0.1) is 16.1 Å². The van der Waals surface area contributed by atoms with E-state index in [1.54, 1.807) is 36.9 Å². The van der Waals surface area contributed by atoms with Gasteiger partial charge in [-0.3, -0.25) is 9.78 Å². The Balaban J connectivity index is 1.58. The average Bonchev–Trinajstić information content (AvgIpc) is 3.25. The Morgan fingerprint density at radius 2 is 2.04 bits per heavy atom. The van der Waals surface area contributed by atoms with Crippen LogP contribution in [0.1, 0.15) is 5.56 Å². The van der Waals surface area contributed by atoms with Crippen LogP contribution in [-0.2, 0) is 11.2 Å². The van der Waals surface area contributed by atoms with E-state index in [9.17, 15) is 9.18 Å². The van der Waals surface area contributed by atoms with Gasteiger partial charge in [0, 0.05) is 23.2 Å². The van der Waals surface area contributed by atoms with Crippen LogP contribution in [0.2, 0.25) is 0 Å². The van der Waals surface area contributed by atoms with Gasteiger partial charge in [-0.1, -0.05) is 0 Å². The predicted molar refractivity (Wildman–Crippen MR) is 101 cm³/mol. The number of amides is 1. The summed E-state index contributed by atoms with van der Waals surface area (Å²) >= 11 is 4.76. The summed E-state index contributed by atoms with van der Waals surface area (Å²) in [5.41, 5.74) is 0.953. The largest absolute Gasteiger partial charge is 0.316 e. The molecule has 0 atom stereocenters. The SMILES string of the molecule is O=C(Cc1cc2cnccc2cc1F)Nc1scc(Br)c1-n1nccn1. The van der Waals surface area contributed by atoms with Crippen molar-refractivity contribution in [3.05, 3.63) is 64.2 Å². The molecule has 4 rings (SSSR count). The van der Waals surface area contributed by atoms with Crippen LogP contribution < -0.4 is 5.32 Å². The molecule has 0 saturated carbocycles. The lowest BCUT2D eigenvalue weighted by Gasteiger charge is -2.08. The van der Waals surface area contributed by atoms with Crippen molar-refractivity contribution in [2.45, 2.75) is 6.42 Å². The molecule has 9 heteroatoms. The highest BCUT2D eigenvalue weighted by atomic mass is 79.9. The molecule has 0 radical (unpaired) electrons. The number of hydrogen-bond donors (Lipinski definition) is 1. The van der Waals surface area contributed by atoms with Crippen LogP contribution in [0.4, 0.5) is 9.39 Å². The van der Waals surface area contributed by atoms with Gasteiger partial charge in [0.15, 0.2) is 0 Å². The van der Waals surface area contributed by atoms with Crippen LogP contribution in [0.25, 0.3) is 16.5 Å². The van der Waals surface area contributed by atoms with E-state index in [0.29, 0.717) is 16.3 Å². The molecule has 0 saturated heterocycles. The second-order valence-electron chi connectivity index (χ2n) is 5.47. The Kier molecular flexibility index (Phi) is 4.48. The highest BCUT2D eigenvalue weighted by Crippen LogP contribution is 2.34. The molecule has 0 spiro atoms. The van der Waals surface area contributed by atoms with Crippen molar-refractivity contribution in [1.29, 1.82) is 0 Å². The zero-order chi connectivity index (χ0) is 18.1. The molecule has 4 aromatic rings. The van der Waals surface area contributed by atoms with Gasteiger partial charge in [0.05, 0.1) is 23.3 Å². The Morgan fingerprint density at radius 3 is 2.85 bits per heavy atom. The minimum atomic E-state index is -0.417. The summed E-state index contributed by atoms with van der Waals surface area (Å²) in [5.74, 6) is -0.741. The molecule has 0 bridgehead atoms. The lowest BCUT2D eigenvalue weighted by molar-refractivity contribution is -0.115. The minimum absolute atomic E-state index is 0.0852. The second-order valence-corrected chi connectivity index (χ2v) is 7.21. The van der Waals surface area contributed by atoms with Crippen LogP contribution in [0.3, 0.4) is 0 Å². The molecule has 0 aliphatic heterocycles. The molecule has 1 amide bonds. The van der Waals surface area contributed by atoms with Crippen LogP contribution in [-0.4, -0.2) is 25.9 Å². The maximum absolute atomic E-state index is 14.3. The molecule has 6 nitrogen and oxygen atoms in total. The van der Waals surface area contributed by atoms with E-state index in [-0.39, 0.29) is 12.3 Å². The maximum atomic E-state index is 14.3. The van der Waals surface area contributed by atoms with Gasteiger partial charge >= 0.3 is 0 Å². The monoisotopic (exact) mass is 431 g/mol. The fourth-order valence-corrected chi connectivity index (χ4v) is 4.15. The number of halogens is 2. The van der Waals surface area contributed by atoms with Crippen molar-refractivity contribution in [3.8, 4) is 5.69 Å². The minimum Gasteiger partial charge on any atom is -0.316 e. The van der Waals surface area contributed by atoms with E-state index >= 15 is 0 Å². The highest BCUT2D eigenvalue weighted by Gasteiger charge is 2.17. The maximum Gasteiger partial charge on any atom is 0.229 e. The lowest BCUT2D eigenvalue weighted by atomic mass is 10.1. The topological polar surface area (TPSA) is 72.7 Å². The molecule has 1 N–H and O–H groups in total. The van der Waals surface area contributed by atoms with E-state index in [0.717, 1.165) is 15.2 Å². The Bertz CT molecular complexity index is 1100. The first-order chi connectivity index (χ1) is 12.6. The van der Waals surface area contributed by atoms with Crippen molar-refractivity contribution < 1.29 is 9.18 Å². The number of anilines is 1. The normalized spacial score (nSPS) is 11.0. The van der Waals surface area contributed by atoms with E-state index < -0.39 is 5.82 Å². The number of thiophene rings is 1. The molecule has 0 aliphatic carbocycles. The molecule has 3 heterocycles. The van der Waals surface area contributed by atoms with Gasteiger partial charge < -0.3 is 5.32 Å². The van der Waals surface area contributed by atoms with E-state index in [1.165, 1.54) is 22.2 Å². The lowest BCUT2D eigenvalue weighted by Crippen LogP contribution is -2.16. The van der Waals surface area contributed by atoms with Crippen LogP contribution in [0.5, 0.6) is 0 Å². The van der Waals surface area contributed by atoms with Gasteiger partial charge in [0.1, 0.15) is 16.5 Å². The first kappa shape index (κ1) is 16.8. The molecule has 0 unspecified atom stereocenters. The van der Waals surface area contributed by atoms with Crippen molar-refractivity contribution in [2.24, 2.45) is 0 Å². The number of nitrogens with one attached hydrogen (secondary N) is 1. The summed E-state index contributed by atoms with van der Waals surface area (Å²) < 4.78 is 15.1. The number of carbonyl (C=O) groups is 1. The van der Waals surface area contributed by atoms with Gasteiger partial charge in [-0.2, -0.15) is 10.2 Å². The van der Waals surface area contributed by atoms with E-state index in [2.05, 4.69) is 36.4 Å². The molecule has 0 fully saturated rings. The number of carbonyl (C=O) groups excluding carboxylic acids is 1. The summed E-state index contributed by atoms with van der Waals surface area (Å²) in [5, 5.41) is 14.9.